The molecule has 1 rings (SSSR count). The van der Waals surface area contributed by atoms with Crippen molar-refractivity contribution in [1.82, 2.24) is 4.98 Å². The van der Waals surface area contributed by atoms with Crippen LogP contribution in [0.25, 0.3) is 0 Å². The van der Waals surface area contributed by atoms with Gasteiger partial charge < -0.3 is 20.4 Å². The molecule has 19 heavy (non-hydrogen) atoms. The Hall–Kier alpha value is -1.53. The Labute approximate surface area is 117 Å². The summed E-state index contributed by atoms with van der Waals surface area (Å²) in [5.74, 6) is 0.131. The molecular formula is C12H18ClN3O3. The quantitative estimate of drug-likeness (QED) is 0.284. The fraction of sp³-hybridized carbons (Fsp3) is 0.500. The van der Waals surface area contributed by atoms with E-state index in [2.05, 4.69) is 10.1 Å². The maximum atomic E-state index is 8.63. The maximum absolute atomic E-state index is 8.63. The minimum absolute atomic E-state index is 0.0943. The Morgan fingerprint density at radius 1 is 1.47 bits per heavy atom. The molecule has 0 aliphatic rings. The number of halogens is 1. The first-order valence-corrected chi connectivity index (χ1v) is 6.12. The first-order valence-electron chi connectivity index (χ1n) is 5.74. The van der Waals surface area contributed by atoms with Gasteiger partial charge in [-0.15, -0.1) is 0 Å². The van der Waals surface area contributed by atoms with Gasteiger partial charge in [-0.2, -0.15) is 0 Å². The summed E-state index contributed by atoms with van der Waals surface area (Å²) in [4.78, 5) is 3.99. The van der Waals surface area contributed by atoms with E-state index in [1.165, 1.54) is 12.3 Å². The van der Waals surface area contributed by atoms with E-state index in [-0.39, 0.29) is 22.3 Å². The van der Waals surface area contributed by atoms with Crippen molar-refractivity contribution in [2.24, 2.45) is 10.9 Å². The molecule has 6 nitrogen and oxygen atoms in total. The summed E-state index contributed by atoms with van der Waals surface area (Å²) >= 11 is 6.05. The van der Waals surface area contributed by atoms with E-state index in [0.29, 0.717) is 18.8 Å². The summed E-state index contributed by atoms with van der Waals surface area (Å²) in [6, 6.07) is 1.54. The van der Waals surface area contributed by atoms with E-state index in [1.54, 1.807) is 0 Å². The number of rotatable bonds is 5. The number of aromatic nitrogens is 1. The third kappa shape index (κ3) is 4.92. The van der Waals surface area contributed by atoms with E-state index >= 15 is 0 Å². The van der Waals surface area contributed by atoms with Crippen molar-refractivity contribution < 1.29 is 14.7 Å². The van der Waals surface area contributed by atoms with E-state index in [4.69, 9.17) is 32.0 Å². The van der Waals surface area contributed by atoms with Crippen molar-refractivity contribution in [3.63, 3.8) is 0 Å². The number of pyridine rings is 1. The van der Waals surface area contributed by atoms with E-state index in [1.807, 2.05) is 20.8 Å². The van der Waals surface area contributed by atoms with Crippen molar-refractivity contribution in [3.05, 3.63) is 22.8 Å². The number of hydrogen-bond donors (Lipinski definition) is 2. The normalized spacial score (nSPS) is 12.5. The average Bonchev–Trinajstić information content (AvgIpc) is 2.34. The van der Waals surface area contributed by atoms with Gasteiger partial charge in [0.05, 0.1) is 12.2 Å². The number of oxime groups is 1. The van der Waals surface area contributed by atoms with Gasteiger partial charge in [0, 0.05) is 11.8 Å². The van der Waals surface area contributed by atoms with Crippen LogP contribution in [0.4, 0.5) is 0 Å². The van der Waals surface area contributed by atoms with Gasteiger partial charge in [-0.25, -0.2) is 4.98 Å². The van der Waals surface area contributed by atoms with Crippen LogP contribution in [-0.2, 0) is 4.74 Å². The third-order valence-electron chi connectivity index (χ3n) is 2.10. The molecule has 0 atom stereocenters. The van der Waals surface area contributed by atoms with Crippen LogP contribution < -0.4 is 10.5 Å². The van der Waals surface area contributed by atoms with Gasteiger partial charge in [0.15, 0.2) is 5.84 Å². The zero-order valence-corrected chi connectivity index (χ0v) is 11.9. The molecule has 1 heterocycles. The molecule has 0 amide bonds. The number of nitrogens with two attached hydrogens (primary N) is 1. The first-order chi connectivity index (χ1) is 8.85. The lowest BCUT2D eigenvalue weighted by molar-refractivity contribution is -0.0167. The molecule has 106 valence electrons. The Balaban J connectivity index is 2.65. The molecule has 0 saturated heterocycles. The molecule has 3 N–H and O–H groups in total. The van der Waals surface area contributed by atoms with Crippen LogP contribution >= 0.6 is 11.6 Å². The molecule has 1 aromatic heterocycles. The topological polar surface area (TPSA) is 90.0 Å². The van der Waals surface area contributed by atoms with Crippen molar-refractivity contribution in [3.8, 4) is 5.88 Å². The molecule has 0 saturated carbocycles. The van der Waals surface area contributed by atoms with Crippen LogP contribution in [0.3, 0.4) is 0 Å². The van der Waals surface area contributed by atoms with Crippen LogP contribution in [0.5, 0.6) is 5.88 Å². The second-order valence-electron chi connectivity index (χ2n) is 4.77. The maximum Gasteiger partial charge on any atom is 0.233 e. The summed E-state index contributed by atoms with van der Waals surface area (Å²) in [5.41, 5.74) is 5.62. The lowest BCUT2D eigenvalue weighted by atomic mass is 10.2. The summed E-state index contributed by atoms with van der Waals surface area (Å²) in [5, 5.41) is 11.7. The lowest BCUT2D eigenvalue weighted by Crippen LogP contribution is -2.22. The van der Waals surface area contributed by atoms with Crippen LogP contribution in [0.2, 0.25) is 5.02 Å². The van der Waals surface area contributed by atoms with E-state index < -0.39 is 0 Å². The van der Waals surface area contributed by atoms with Crippen LogP contribution in [-0.4, -0.2) is 34.8 Å². The Bertz CT molecular complexity index is 458. The van der Waals surface area contributed by atoms with E-state index in [0.717, 1.165) is 0 Å². The predicted molar refractivity (Wildman–Crippen MR) is 73.0 cm³/mol. The highest BCUT2D eigenvalue weighted by Gasteiger charge is 2.13. The number of nitrogens with zero attached hydrogens (tertiary/aromatic N) is 2. The summed E-state index contributed by atoms with van der Waals surface area (Å²) in [6.45, 7) is 6.59. The van der Waals surface area contributed by atoms with Gasteiger partial charge in [0.2, 0.25) is 5.88 Å². The largest absolute Gasteiger partial charge is 0.474 e. The van der Waals surface area contributed by atoms with Crippen molar-refractivity contribution in [2.45, 2.75) is 26.4 Å². The third-order valence-corrected chi connectivity index (χ3v) is 2.46. The highest BCUT2D eigenvalue weighted by molar-refractivity contribution is 6.35. The number of ether oxygens (including phenoxy) is 2. The minimum Gasteiger partial charge on any atom is -0.474 e. The second-order valence-corrected chi connectivity index (χ2v) is 5.15. The van der Waals surface area contributed by atoms with Gasteiger partial charge in [-0.1, -0.05) is 16.8 Å². The molecule has 0 bridgehead atoms. The monoisotopic (exact) mass is 287 g/mol. The Morgan fingerprint density at radius 3 is 2.74 bits per heavy atom. The molecule has 0 unspecified atom stereocenters. The molecule has 0 aliphatic heterocycles. The van der Waals surface area contributed by atoms with Gasteiger partial charge in [-0.05, 0) is 26.8 Å². The molecule has 0 spiro atoms. The van der Waals surface area contributed by atoms with Crippen molar-refractivity contribution in [2.75, 3.05) is 13.2 Å². The number of hydrogen-bond acceptors (Lipinski definition) is 5. The lowest BCUT2D eigenvalue weighted by Gasteiger charge is -2.19. The number of amidine groups is 1. The smallest absolute Gasteiger partial charge is 0.233 e. The van der Waals surface area contributed by atoms with Crippen LogP contribution in [0, 0.1) is 0 Å². The molecular weight excluding hydrogens is 270 g/mol. The first kappa shape index (κ1) is 15.5. The molecule has 0 radical (unpaired) electrons. The summed E-state index contributed by atoms with van der Waals surface area (Å²) in [6.07, 6.45) is 1.47. The van der Waals surface area contributed by atoms with Crippen LogP contribution in [0.1, 0.15) is 26.3 Å². The highest BCUT2D eigenvalue weighted by atomic mass is 35.5. The second kappa shape index (κ2) is 6.58. The molecule has 0 fully saturated rings. The standard InChI is InChI=1S/C12H18ClN3O3/c1-12(2,3)19-7-6-18-11-9(13)8(4-5-15-11)10(14)16-17/h4-5,17H,6-7H2,1-3H3,(H2,14,16). The van der Waals surface area contributed by atoms with Gasteiger partial charge in [0.25, 0.3) is 0 Å². The van der Waals surface area contributed by atoms with E-state index in [9.17, 15) is 0 Å². The molecule has 0 aliphatic carbocycles. The summed E-state index contributed by atoms with van der Waals surface area (Å²) in [7, 11) is 0. The Morgan fingerprint density at radius 2 is 2.16 bits per heavy atom. The highest BCUT2D eigenvalue weighted by Crippen LogP contribution is 2.25. The SMILES string of the molecule is CC(C)(C)OCCOc1nccc(/C(N)=N/O)c1Cl. The predicted octanol–water partition coefficient (Wildman–Crippen LogP) is 2.02. The van der Waals surface area contributed by atoms with Gasteiger partial charge in [0.1, 0.15) is 11.6 Å². The van der Waals surface area contributed by atoms with Gasteiger partial charge in [-0.3, -0.25) is 0 Å². The molecule has 7 heteroatoms. The molecule has 1 aromatic rings. The fourth-order valence-electron chi connectivity index (χ4n) is 1.26. The average molecular weight is 288 g/mol. The van der Waals surface area contributed by atoms with Crippen molar-refractivity contribution in [1.29, 1.82) is 0 Å². The van der Waals surface area contributed by atoms with Crippen molar-refractivity contribution >= 4 is 17.4 Å². The minimum atomic E-state index is -0.226. The fourth-order valence-corrected chi connectivity index (χ4v) is 1.53. The van der Waals surface area contributed by atoms with Crippen LogP contribution in [0.15, 0.2) is 17.4 Å². The molecule has 0 aromatic carbocycles. The zero-order valence-electron chi connectivity index (χ0n) is 11.2. The summed E-state index contributed by atoms with van der Waals surface area (Å²) < 4.78 is 10.9. The zero-order chi connectivity index (χ0) is 14.5. The Kier molecular flexibility index (Phi) is 5.38. The van der Waals surface area contributed by atoms with Gasteiger partial charge >= 0.3 is 0 Å².